The van der Waals surface area contributed by atoms with Crippen LogP contribution in [0.1, 0.15) is 21.5 Å². The van der Waals surface area contributed by atoms with Crippen molar-refractivity contribution in [1.29, 1.82) is 0 Å². The zero-order valence-electron chi connectivity index (χ0n) is 9.81. The maximum atomic E-state index is 11.2. The Morgan fingerprint density at radius 1 is 1.26 bits per heavy atom. The van der Waals surface area contributed by atoms with E-state index in [4.69, 9.17) is 5.11 Å². The van der Waals surface area contributed by atoms with Gasteiger partial charge in [-0.1, -0.05) is 6.07 Å². The fraction of sp³-hybridized carbons (Fsp3) is 0.0769. The number of pyridine rings is 1. The molecule has 6 nitrogen and oxygen atoms in total. The maximum absolute atomic E-state index is 11.2. The summed E-state index contributed by atoms with van der Waals surface area (Å²) < 4.78 is 0. The van der Waals surface area contributed by atoms with E-state index >= 15 is 0 Å². The number of non-ortho nitro benzene ring substituents is 1. The lowest BCUT2D eigenvalue weighted by atomic mass is 10.00. The van der Waals surface area contributed by atoms with Crippen molar-refractivity contribution in [2.24, 2.45) is 0 Å². The lowest BCUT2D eigenvalue weighted by Crippen LogP contribution is -2.04. The number of aromatic carboxylic acids is 1. The minimum Gasteiger partial charge on any atom is -0.478 e. The van der Waals surface area contributed by atoms with Crippen LogP contribution in [-0.2, 0) is 6.42 Å². The molecule has 1 aromatic carbocycles. The topological polar surface area (TPSA) is 93.3 Å². The molecule has 0 amide bonds. The Bertz CT molecular complexity index is 626. The molecule has 6 heteroatoms. The molecule has 0 saturated heterocycles. The van der Waals surface area contributed by atoms with Gasteiger partial charge >= 0.3 is 5.97 Å². The number of nitro groups is 1. The second-order valence-electron chi connectivity index (χ2n) is 3.94. The number of hydrogen-bond acceptors (Lipinski definition) is 4. The van der Waals surface area contributed by atoms with Crippen LogP contribution in [0.2, 0.25) is 0 Å². The van der Waals surface area contributed by atoms with Crippen LogP contribution in [0.3, 0.4) is 0 Å². The molecule has 1 heterocycles. The SMILES string of the molecule is O=C(O)c1cc([N+](=O)[O-])ccc1Cc1ccncc1. The van der Waals surface area contributed by atoms with Crippen molar-refractivity contribution in [3.05, 3.63) is 69.5 Å². The Hall–Kier alpha value is -2.76. The first-order valence-electron chi connectivity index (χ1n) is 5.47. The molecular weight excluding hydrogens is 248 g/mol. The van der Waals surface area contributed by atoms with Gasteiger partial charge in [0, 0.05) is 24.5 Å². The molecule has 0 aliphatic rings. The van der Waals surface area contributed by atoms with Gasteiger partial charge in [0.05, 0.1) is 10.5 Å². The molecule has 2 rings (SSSR count). The Morgan fingerprint density at radius 2 is 1.95 bits per heavy atom. The largest absolute Gasteiger partial charge is 0.478 e. The summed E-state index contributed by atoms with van der Waals surface area (Å²) in [5.41, 5.74) is 1.15. The highest BCUT2D eigenvalue weighted by atomic mass is 16.6. The second kappa shape index (κ2) is 5.26. The summed E-state index contributed by atoms with van der Waals surface area (Å²) >= 11 is 0. The van der Waals surface area contributed by atoms with Crippen molar-refractivity contribution in [2.45, 2.75) is 6.42 Å². The number of nitrogens with zero attached hydrogens (tertiary/aromatic N) is 2. The summed E-state index contributed by atoms with van der Waals surface area (Å²) in [6.45, 7) is 0. The lowest BCUT2D eigenvalue weighted by molar-refractivity contribution is -0.384. The molecule has 2 aromatic rings. The molecule has 1 N–H and O–H groups in total. The third-order valence-corrected chi connectivity index (χ3v) is 2.68. The first kappa shape index (κ1) is 12.7. The summed E-state index contributed by atoms with van der Waals surface area (Å²) in [6, 6.07) is 7.41. The van der Waals surface area contributed by atoms with Gasteiger partial charge < -0.3 is 5.11 Å². The van der Waals surface area contributed by atoms with E-state index in [1.807, 2.05) is 0 Å². The van der Waals surface area contributed by atoms with Gasteiger partial charge in [-0.05, 0) is 29.7 Å². The highest BCUT2D eigenvalue weighted by Crippen LogP contribution is 2.20. The number of benzene rings is 1. The molecule has 0 aliphatic carbocycles. The third-order valence-electron chi connectivity index (χ3n) is 2.68. The Labute approximate surface area is 108 Å². The van der Waals surface area contributed by atoms with Crippen molar-refractivity contribution in [3.8, 4) is 0 Å². The van der Waals surface area contributed by atoms with Crippen LogP contribution < -0.4 is 0 Å². The molecule has 0 aliphatic heterocycles. The fourth-order valence-electron chi connectivity index (χ4n) is 1.75. The van der Waals surface area contributed by atoms with Gasteiger partial charge in [-0.15, -0.1) is 0 Å². The quantitative estimate of drug-likeness (QED) is 0.670. The number of hydrogen-bond donors (Lipinski definition) is 1. The summed E-state index contributed by atoms with van der Waals surface area (Å²) in [7, 11) is 0. The average Bonchev–Trinajstić information content (AvgIpc) is 2.39. The Kier molecular flexibility index (Phi) is 3.51. The summed E-state index contributed by atoms with van der Waals surface area (Å²) in [5.74, 6) is -1.17. The zero-order valence-corrected chi connectivity index (χ0v) is 9.81. The molecule has 0 bridgehead atoms. The van der Waals surface area contributed by atoms with E-state index in [2.05, 4.69) is 4.98 Å². The van der Waals surface area contributed by atoms with Crippen LogP contribution in [0.25, 0.3) is 0 Å². The van der Waals surface area contributed by atoms with Crippen LogP contribution in [0, 0.1) is 10.1 Å². The molecule has 0 fully saturated rings. The molecule has 0 unspecified atom stereocenters. The second-order valence-corrected chi connectivity index (χ2v) is 3.94. The van der Waals surface area contributed by atoms with Crippen molar-refractivity contribution in [2.75, 3.05) is 0 Å². The maximum Gasteiger partial charge on any atom is 0.336 e. The highest BCUT2D eigenvalue weighted by Gasteiger charge is 2.15. The molecular formula is C13H10N2O4. The van der Waals surface area contributed by atoms with Crippen molar-refractivity contribution in [3.63, 3.8) is 0 Å². The van der Waals surface area contributed by atoms with Crippen molar-refractivity contribution in [1.82, 2.24) is 4.98 Å². The van der Waals surface area contributed by atoms with E-state index in [1.165, 1.54) is 12.1 Å². The number of carboxylic acids is 1. The minimum absolute atomic E-state index is 0.0500. The Morgan fingerprint density at radius 3 is 2.53 bits per heavy atom. The number of nitro benzene ring substituents is 1. The Balaban J connectivity index is 2.40. The van der Waals surface area contributed by atoms with Gasteiger partial charge in [0.1, 0.15) is 0 Å². The monoisotopic (exact) mass is 258 g/mol. The van der Waals surface area contributed by atoms with Crippen LogP contribution in [0.15, 0.2) is 42.7 Å². The van der Waals surface area contributed by atoms with Crippen LogP contribution in [0.5, 0.6) is 0 Å². The standard InChI is InChI=1S/C13H10N2O4/c16-13(17)12-8-11(15(18)19)2-1-10(12)7-9-3-5-14-6-4-9/h1-6,8H,7H2,(H,16,17). The zero-order chi connectivity index (χ0) is 13.8. The van der Waals surface area contributed by atoms with Gasteiger partial charge in [0.25, 0.3) is 5.69 Å². The summed E-state index contributed by atoms with van der Waals surface area (Å²) in [5, 5.41) is 19.8. The van der Waals surface area contributed by atoms with Crippen LogP contribution in [-0.4, -0.2) is 21.0 Å². The first-order chi connectivity index (χ1) is 9.08. The molecule has 96 valence electrons. The van der Waals surface area contributed by atoms with Crippen LogP contribution >= 0.6 is 0 Å². The smallest absolute Gasteiger partial charge is 0.336 e. The third kappa shape index (κ3) is 2.92. The minimum atomic E-state index is -1.17. The van der Waals surface area contributed by atoms with E-state index in [0.29, 0.717) is 12.0 Å². The van der Waals surface area contributed by atoms with Gasteiger partial charge in [-0.2, -0.15) is 0 Å². The number of carbonyl (C=O) groups is 1. The molecule has 1 aromatic heterocycles. The van der Waals surface area contributed by atoms with Crippen LogP contribution in [0.4, 0.5) is 5.69 Å². The van der Waals surface area contributed by atoms with Gasteiger partial charge in [-0.3, -0.25) is 15.1 Å². The van der Waals surface area contributed by atoms with Gasteiger partial charge in [0.2, 0.25) is 0 Å². The molecule has 0 saturated carbocycles. The normalized spacial score (nSPS) is 10.1. The number of rotatable bonds is 4. The summed E-state index contributed by atoms with van der Waals surface area (Å²) in [4.78, 5) is 25.1. The van der Waals surface area contributed by atoms with E-state index in [1.54, 1.807) is 24.5 Å². The highest BCUT2D eigenvalue weighted by molar-refractivity contribution is 5.90. The lowest BCUT2D eigenvalue weighted by Gasteiger charge is -2.06. The number of carboxylic acid groups (broad SMARTS) is 1. The molecule has 0 atom stereocenters. The molecule has 0 radical (unpaired) electrons. The predicted molar refractivity (Wildman–Crippen MR) is 67.1 cm³/mol. The molecule has 0 spiro atoms. The van der Waals surface area contributed by atoms with E-state index < -0.39 is 10.9 Å². The summed E-state index contributed by atoms with van der Waals surface area (Å²) in [6.07, 6.45) is 3.62. The van der Waals surface area contributed by atoms with Gasteiger partial charge in [0.15, 0.2) is 0 Å². The van der Waals surface area contributed by atoms with Crippen molar-refractivity contribution >= 4 is 11.7 Å². The predicted octanol–water partition coefficient (Wildman–Crippen LogP) is 2.28. The van der Waals surface area contributed by atoms with E-state index in [9.17, 15) is 14.9 Å². The molecule has 19 heavy (non-hydrogen) atoms. The van der Waals surface area contributed by atoms with Gasteiger partial charge in [-0.25, -0.2) is 4.79 Å². The average molecular weight is 258 g/mol. The van der Waals surface area contributed by atoms with E-state index in [-0.39, 0.29) is 11.3 Å². The number of aromatic nitrogens is 1. The first-order valence-corrected chi connectivity index (χ1v) is 5.47. The van der Waals surface area contributed by atoms with Crippen molar-refractivity contribution < 1.29 is 14.8 Å². The van der Waals surface area contributed by atoms with E-state index in [0.717, 1.165) is 11.6 Å². The fourth-order valence-corrected chi connectivity index (χ4v) is 1.75.